The molecular weight excluding hydrogens is 84.1 g/mol. The second kappa shape index (κ2) is 0.459. The van der Waals surface area contributed by atoms with Crippen molar-refractivity contribution in [2.75, 3.05) is 0 Å². The molecule has 0 aromatic carbocycles. The van der Waals surface area contributed by atoms with E-state index in [1.807, 2.05) is 0 Å². The molecular formula is C7H6. The van der Waals surface area contributed by atoms with Gasteiger partial charge in [0.05, 0.1) is 0 Å². The molecule has 0 heteroatoms. The summed E-state index contributed by atoms with van der Waals surface area (Å²) >= 11 is 0. The minimum atomic E-state index is 0.634. The Bertz CT molecular complexity index is 208. The van der Waals surface area contributed by atoms with Crippen molar-refractivity contribution in [3.8, 4) is 0 Å². The van der Waals surface area contributed by atoms with Gasteiger partial charge in [-0.05, 0) is 12.8 Å². The molecule has 4 rings (SSSR count). The van der Waals surface area contributed by atoms with Gasteiger partial charge in [-0.2, -0.15) is 0 Å². The van der Waals surface area contributed by atoms with E-state index in [9.17, 15) is 0 Å². The van der Waals surface area contributed by atoms with Crippen molar-refractivity contribution in [2.24, 2.45) is 5.41 Å². The lowest BCUT2D eigenvalue weighted by Crippen LogP contribution is -2.04. The first-order chi connectivity index (χ1) is 3.39. The summed E-state index contributed by atoms with van der Waals surface area (Å²) in [5, 5.41) is 0. The predicted octanol–water partition coefficient (Wildman–Crippen LogP) is 1.65. The fourth-order valence-electron chi connectivity index (χ4n) is 1.86. The van der Waals surface area contributed by atoms with Gasteiger partial charge < -0.3 is 0 Å². The van der Waals surface area contributed by atoms with E-state index in [-0.39, 0.29) is 0 Å². The molecule has 1 spiro atoms. The first kappa shape index (κ1) is 2.71. The molecule has 0 saturated heterocycles. The van der Waals surface area contributed by atoms with Crippen molar-refractivity contribution in [3.63, 3.8) is 0 Å². The van der Waals surface area contributed by atoms with E-state index in [1.54, 1.807) is 11.1 Å². The van der Waals surface area contributed by atoms with Crippen molar-refractivity contribution < 1.29 is 0 Å². The lowest BCUT2D eigenvalue weighted by Gasteiger charge is -2.16. The average Bonchev–Trinajstić information content (AvgIpc) is 2.03. The maximum absolute atomic E-state index is 2.42. The highest BCUT2D eigenvalue weighted by Crippen LogP contribution is 2.67. The van der Waals surface area contributed by atoms with Crippen LogP contribution in [0.4, 0.5) is 0 Å². The average molecular weight is 90.1 g/mol. The Balaban J connectivity index is 2.38. The van der Waals surface area contributed by atoms with Crippen LogP contribution in [0.2, 0.25) is 0 Å². The summed E-state index contributed by atoms with van der Waals surface area (Å²) in [6.07, 6.45) is 7.55. The molecule has 0 amide bonds. The van der Waals surface area contributed by atoms with Crippen LogP contribution in [0.15, 0.2) is 23.3 Å². The van der Waals surface area contributed by atoms with Crippen LogP contribution in [-0.4, -0.2) is 0 Å². The van der Waals surface area contributed by atoms with Crippen molar-refractivity contribution in [2.45, 2.75) is 12.8 Å². The zero-order chi connectivity index (χ0) is 4.48. The molecule has 7 heavy (non-hydrogen) atoms. The fourth-order valence-corrected chi connectivity index (χ4v) is 1.86. The second-order valence-electron chi connectivity index (χ2n) is 2.87. The summed E-state index contributed by atoms with van der Waals surface area (Å²) in [5.41, 5.74) is 4.04. The Morgan fingerprint density at radius 1 is 1.43 bits per heavy atom. The third kappa shape index (κ3) is 0.131. The van der Waals surface area contributed by atoms with Crippen LogP contribution < -0.4 is 0 Å². The van der Waals surface area contributed by atoms with Crippen LogP contribution in [0.5, 0.6) is 0 Å². The summed E-state index contributed by atoms with van der Waals surface area (Å²) in [4.78, 5) is 0. The molecule has 2 bridgehead atoms. The van der Waals surface area contributed by atoms with Crippen molar-refractivity contribution in [3.05, 3.63) is 23.3 Å². The molecule has 0 aromatic rings. The molecule has 0 heterocycles. The molecule has 1 fully saturated rings. The SMILES string of the molecule is C1=C2CC3=CC13C2. The van der Waals surface area contributed by atoms with Crippen LogP contribution in [0.3, 0.4) is 0 Å². The van der Waals surface area contributed by atoms with E-state index in [0.29, 0.717) is 5.41 Å². The Labute approximate surface area is 42.5 Å². The Morgan fingerprint density at radius 3 is 2.43 bits per heavy atom. The maximum Gasteiger partial charge on any atom is 0.0318 e. The Hall–Kier alpha value is -0.520. The zero-order valence-electron chi connectivity index (χ0n) is 4.07. The van der Waals surface area contributed by atoms with Crippen LogP contribution in [0.25, 0.3) is 0 Å². The van der Waals surface area contributed by atoms with Gasteiger partial charge in [-0.25, -0.2) is 0 Å². The van der Waals surface area contributed by atoms with Crippen molar-refractivity contribution in [1.29, 1.82) is 0 Å². The van der Waals surface area contributed by atoms with Crippen LogP contribution in [0.1, 0.15) is 12.8 Å². The minimum Gasteiger partial charge on any atom is -0.0706 e. The quantitative estimate of drug-likeness (QED) is 0.397. The van der Waals surface area contributed by atoms with Crippen molar-refractivity contribution in [1.82, 2.24) is 0 Å². The number of hydrogen-bond donors (Lipinski definition) is 0. The number of hydrogen-bond acceptors (Lipinski definition) is 0. The van der Waals surface area contributed by atoms with E-state index < -0.39 is 0 Å². The molecule has 0 aliphatic heterocycles. The Kier molecular flexibility index (Phi) is 0.177. The standard InChI is InChI=1S/C7H6/c1-5-2-7(3-5)4-6(1)7/h2,4H,1,3H2. The molecule has 0 N–H and O–H groups in total. The van der Waals surface area contributed by atoms with E-state index in [2.05, 4.69) is 12.2 Å². The van der Waals surface area contributed by atoms with Gasteiger partial charge in [0, 0.05) is 5.41 Å². The monoisotopic (exact) mass is 90.0 g/mol. The van der Waals surface area contributed by atoms with E-state index >= 15 is 0 Å². The number of rotatable bonds is 0. The van der Waals surface area contributed by atoms with Gasteiger partial charge in [0.1, 0.15) is 0 Å². The van der Waals surface area contributed by atoms with Gasteiger partial charge in [0.2, 0.25) is 0 Å². The van der Waals surface area contributed by atoms with Gasteiger partial charge in [0.15, 0.2) is 0 Å². The summed E-state index contributed by atoms with van der Waals surface area (Å²) in [6, 6.07) is 0. The van der Waals surface area contributed by atoms with E-state index in [1.165, 1.54) is 12.8 Å². The molecule has 0 nitrogen and oxygen atoms in total. The first-order valence-corrected chi connectivity index (χ1v) is 2.82. The van der Waals surface area contributed by atoms with Gasteiger partial charge in [-0.1, -0.05) is 23.3 Å². The smallest absolute Gasteiger partial charge is 0.0318 e. The molecule has 1 atom stereocenters. The summed E-state index contributed by atoms with van der Waals surface area (Å²) < 4.78 is 0. The third-order valence-corrected chi connectivity index (χ3v) is 2.35. The van der Waals surface area contributed by atoms with E-state index in [0.717, 1.165) is 0 Å². The normalized spacial score (nSPS) is 49.1. The Morgan fingerprint density at radius 2 is 2.29 bits per heavy atom. The largest absolute Gasteiger partial charge is 0.0706 e. The molecule has 0 aromatic heterocycles. The first-order valence-electron chi connectivity index (χ1n) is 2.82. The van der Waals surface area contributed by atoms with Gasteiger partial charge in [-0.15, -0.1) is 0 Å². The lowest BCUT2D eigenvalue weighted by atomic mass is 9.88. The molecule has 0 radical (unpaired) electrons. The lowest BCUT2D eigenvalue weighted by molar-refractivity contribution is 0.669. The summed E-state index contributed by atoms with van der Waals surface area (Å²) in [7, 11) is 0. The topological polar surface area (TPSA) is 0 Å². The maximum atomic E-state index is 2.42. The van der Waals surface area contributed by atoms with Gasteiger partial charge in [-0.3, -0.25) is 0 Å². The molecule has 4 aliphatic carbocycles. The highest BCUT2D eigenvalue weighted by molar-refractivity contribution is 5.62. The molecule has 1 saturated carbocycles. The molecule has 34 valence electrons. The second-order valence-corrected chi connectivity index (χ2v) is 2.87. The zero-order valence-corrected chi connectivity index (χ0v) is 4.07. The predicted molar refractivity (Wildman–Crippen MR) is 27.8 cm³/mol. The fraction of sp³-hybridized carbons (Fsp3) is 0.429. The third-order valence-electron chi connectivity index (χ3n) is 2.35. The summed E-state index contributed by atoms with van der Waals surface area (Å²) in [5.74, 6) is 0. The highest BCUT2D eigenvalue weighted by atomic mass is 14.6. The van der Waals surface area contributed by atoms with Crippen LogP contribution >= 0.6 is 0 Å². The van der Waals surface area contributed by atoms with E-state index in [4.69, 9.17) is 0 Å². The highest BCUT2D eigenvalue weighted by Gasteiger charge is 2.54. The molecule has 4 aliphatic rings. The van der Waals surface area contributed by atoms with Crippen LogP contribution in [-0.2, 0) is 0 Å². The minimum absolute atomic E-state index is 0.634. The van der Waals surface area contributed by atoms with Gasteiger partial charge in [0.25, 0.3) is 0 Å². The van der Waals surface area contributed by atoms with Gasteiger partial charge >= 0.3 is 0 Å². The van der Waals surface area contributed by atoms with Crippen LogP contribution in [0, 0.1) is 5.41 Å². The summed E-state index contributed by atoms with van der Waals surface area (Å²) in [6.45, 7) is 0. The molecule has 1 unspecified atom stereocenters. The van der Waals surface area contributed by atoms with Crippen molar-refractivity contribution >= 4 is 0 Å². The number of allylic oxidation sites excluding steroid dienone is 4.